The summed E-state index contributed by atoms with van der Waals surface area (Å²) >= 11 is 0. The number of hydrogen-bond acceptors (Lipinski definition) is 3. The molecule has 1 amide bonds. The smallest absolute Gasteiger partial charge is 0.331 e. The Morgan fingerprint density at radius 2 is 1.68 bits per heavy atom. The van der Waals surface area contributed by atoms with Gasteiger partial charge in [0.15, 0.2) is 0 Å². The van der Waals surface area contributed by atoms with E-state index in [9.17, 15) is 9.59 Å². The standard InChI is InChI=1S/C20H29NO3.CH4/c1-13-6-8-20(9-7-13,19(23)24-5)21-18(22)12-17-11-15(3)14(2)10-16(17)4;/h10-11,13H,6-9,12H2,1-5H3,(H,21,22);1H4. The van der Waals surface area contributed by atoms with Crippen molar-refractivity contribution in [3.8, 4) is 0 Å². The minimum atomic E-state index is -0.855. The summed E-state index contributed by atoms with van der Waals surface area (Å²) in [6.45, 7) is 8.32. The van der Waals surface area contributed by atoms with Gasteiger partial charge in [-0.1, -0.05) is 26.5 Å². The highest BCUT2D eigenvalue weighted by atomic mass is 16.5. The molecule has 1 N–H and O–H groups in total. The molecule has 4 nitrogen and oxygen atoms in total. The zero-order valence-corrected chi connectivity index (χ0v) is 15.5. The molecule has 0 aromatic heterocycles. The normalized spacial score (nSPS) is 22.7. The van der Waals surface area contributed by atoms with E-state index >= 15 is 0 Å². The Morgan fingerprint density at radius 3 is 2.24 bits per heavy atom. The van der Waals surface area contributed by atoms with Crippen LogP contribution in [0.5, 0.6) is 0 Å². The zero-order chi connectivity index (χ0) is 17.9. The van der Waals surface area contributed by atoms with Crippen molar-refractivity contribution >= 4 is 11.9 Å². The molecule has 0 heterocycles. The number of carbonyl (C=O) groups is 2. The van der Waals surface area contributed by atoms with Crippen molar-refractivity contribution in [2.45, 2.75) is 72.8 Å². The number of methoxy groups -OCH3 is 1. The fourth-order valence-electron chi connectivity index (χ4n) is 3.53. The highest BCUT2D eigenvalue weighted by molar-refractivity contribution is 5.89. The Kier molecular flexibility index (Phi) is 7.21. The highest BCUT2D eigenvalue weighted by Crippen LogP contribution is 2.33. The number of nitrogens with one attached hydrogen (secondary N) is 1. The van der Waals surface area contributed by atoms with Gasteiger partial charge in [-0.15, -0.1) is 0 Å². The van der Waals surface area contributed by atoms with Crippen molar-refractivity contribution in [2.24, 2.45) is 5.92 Å². The van der Waals surface area contributed by atoms with Gasteiger partial charge in [0.25, 0.3) is 0 Å². The van der Waals surface area contributed by atoms with Crippen LogP contribution in [-0.4, -0.2) is 24.5 Å². The lowest BCUT2D eigenvalue weighted by molar-refractivity contribution is -0.153. The summed E-state index contributed by atoms with van der Waals surface area (Å²) in [5, 5.41) is 3.00. The van der Waals surface area contributed by atoms with E-state index in [0.717, 1.165) is 24.0 Å². The first-order valence-electron chi connectivity index (χ1n) is 8.73. The van der Waals surface area contributed by atoms with Crippen LogP contribution >= 0.6 is 0 Å². The largest absolute Gasteiger partial charge is 0.467 e. The Morgan fingerprint density at radius 1 is 1.12 bits per heavy atom. The number of esters is 1. The summed E-state index contributed by atoms with van der Waals surface area (Å²) in [4.78, 5) is 24.9. The summed E-state index contributed by atoms with van der Waals surface area (Å²) < 4.78 is 4.98. The minimum absolute atomic E-state index is 0. The van der Waals surface area contributed by atoms with Gasteiger partial charge in [-0.3, -0.25) is 4.79 Å². The molecule has 4 heteroatoms. The van der Waals surface area contributed by atoms with Crippen LogP contribution in [0.3, 0.4) is 0 Å². The molecule has 0 unspecified atom stereocenters. The van der Waals surface area contributed by atoms with Crippen molar-refractivity contribution < 1.29 is 14.3 Å². The fraction of sp³-hybridized carbons (Fsp3) is 0.619. The molecule has 0 atom stereocenters. The van der Waals surface area contributed by atoms with Crippen LogP contribution < -0.4 is 5.32 Å². The first kappa shape index (κ1) is 21.2. The van der Waals surface area contributed by atoms with Gasteiger partial charge in [-0.25, -0.2) is 4.79 Å². The van der Waals surface area contributed by atoms with Crippen LogP contribution in [-0.2, 0) is 20.7 Å². The van der Waals surface area contributed by atoms with E-state index in [1.165, 1.54) is 18.2 Å². The lowest BCUT2D eigenvalue weighted by Gasteiger charge is -2.37. The molecule has 140 valence electrons. The minimum Gasteiger partial charge on any atom is -0.467 e. The molecule has 0 aliphatic heterocycles. The molecular weight excluding hydrogens is 314 g/mol. The third-order valence-corrected chi connectivity index (χ3v) is 5.39. The van der Waals surface area contributed by atoms with E-state index in [1.807, 2.05) is 6.92 Å². The van der Waals surface area contributed by atoms with Crippen LogP contribution in [0.1, 0.15) is 62.3 Å². The van der Waals surface area contributed by atoms with Crippen LogP contribution in [0.2, 0.25) is 0 Å². The molecule has 2 rings (SSSR count). The van der Waals surface area contributed by atoms with E-state index in [-0.39, 0.29) is 19.3 Å². The van der Waals surface area contributed by atoms with Gasteiger partial charge in [-0.05, 0) is 74.6 Å². The molecule has 1 saturated carbocycles. The van der Waals surface area contributed by atoms with E-state index < -0.39 is 5.54 Å². The number of benzene rings is 1. The quantitative estimate of drug-likeness (QED) is 0.837. The monoisotopic (exact) mass is 347 g/mol. The Balaban J connectivity index is 0.00000312. The number of hydrogen-bond donors (Lipinski definition) is 1. The molecule has 25 heavy (non-hydrogen) atoms. The summed E-state index contributed by atoms with van der Waals surface area (Å²) in [7, 11) is 1.39. The van der Waals surface area contributed by atoms with Gasteiger partial charge in [0, 0.05) is 0 Å². The number of rotatable bonds is 4. The molecular formula is C21H33NO3. The molecule has 1 aliphatic rings. The number of ether oxygens (including phenoxy) is 1. The molecule has 0 spiro atoms. The number of amides is 1. The maximum Gasteiger partial charge on any atom is 0.331 e. The van der Waals surface area contributed by atoms with Crippen LogP contribution in [0, 0.1) is 26.7 Å². The molecule has 0 saturated heterocycles. The van der Waals surface area contributed by atoms with Gasteiger partial charge < -0.3 is 10.1 Å². The van der Waals surface area contributed by atoms with Crippen molar-refractivity contribution in [1.82, 2.24) is 5.32 Å². The Labute approximate surface area is 152 Å². The predicted octanol–water partition coefficient (Wildman–Crippen LogP) is 4.03. The van der Waals surface area contributed by atoms with Crippen molar-refractivity contribution in [3.05, 3.63) is 34.4 Å². The summed E-state index contributed by atoms with van der Waals surface area (Å²) in [5.41, 5.74) is 3.67. The summed E-state index contributed by atoms with van der Waals surface area (Å²) in [5.74, 6) is 0.155. The maximum absolute atomic E-state index is 12.6. The van der Waals surface area contributed by atoms with E-state index in [2.05, 4.69) is 38.2 Å². The lowest BCUT2D eigenvalue weighted by Crippen LogP contribution is -2.57. The number of aryl methyl sites for hydroxylation is 3. The van der Waals surface area contributed by atoms with Crippen molar-refractivity contribution in [2.75, 3.05) is 7.11 Å². The first-order valence-corrected chi connectivity index (χ1v) is 8.73. The van der Waals surface area contributed by atoms with Crippen molar-refractivity contribution in [3.63, 3.8) is 0 Å². The third-order valence-electron chi connectivity index (χ3n) is 5.39. The zero-order valence-electron chi connectivity index (χ0n) is 15.5. The second kappa shape index (κ2) is 8.50. The third kappa shape index (κ3) is 4.83. The second-order valence-corrected chi connectivity index (χ2v) is 7.34. The predicted molar refractivity (Wildman–Crippen MR) is 102 cm³/mol. The van der Waals surface area contributed by atoms with Gasteiger partial charge in [0.05, 0.1) is 13.5 Å². The fourth-order valence-corrected chi connectivity index (χ4v) is 3.53. The van der Waals surface area contributed by atoms with Crippen LogP contribution in [0.4, 0.5) is 0 Å². The molecule has 1 aliphatic carbocycles. The average molecular weight is 347 g/mol. The van der Waals surface area contributed by atoms with Gasteiger partial charge in [-0.2, -0.15) is 0 Å². The lowest BCUT2D eigenvalue weighted by atomic mass is 9.77. The van der Waals surface area contributed by atoms with Crippen LogP contribution in [0.15, 0.2) is 12.1 Å². The first-order chi connectivity index (χ1) is 11.3. The molecule has 0 radical (unpaired) electrons. The second-order valence-electron chi connectivity index (χ2n) is 7.34. The van der Waals surface area contributed by atoms with Gasteiger partial charge >= 0.3 is 5.97 Å². The Hall–Kier alpha value is -1.84. The molecule has 1 aromatic rings. The molecule has 1 fully saturated rings. The summed E-state index contributed by atoms with van der Waals surface area (Å²) in [6.07, 6.45) is 3.45. The van der Waals surface area contributed by atoms with Gasteiger partial charge in [0.1, 0.15) is 5.54 Å². The van der Waals surface area contributed by atoms with E-state index in [1.54, 1.807) is 0 Å². The van der Waals surface area contributed by atoms with Crippen LogP contribution in [0.25, 0.3) is 0 Å². The van der Waals surface area contributed by atoms with Gasteiger partial charge in [0.2, 0.25) is 5.91 Å². The van der Waals surface area contributed by atoms with E-state index in [0.29, 0.717) is 25.2 Å². The SMILES string of the molecule is C.COC(=O)C1(NC(=O)Cc2cc(C)c(C)cc2C)CCC(C)CC1. The molecule has 1 aromatic carbocycles. The molecule has 0 bridgehead atoms. The maximum atomic E-state index is 12.6. The Bertz CT molecular complexity index is 628. The topological polar surface area (TPSA) is 55.4 Å². The average Bonchev–Trinajstić information content (AvgIpc) is 2.54. The number of carbonyl (C=O) groups excluding carboxylic acids is 2. The highest BCUT2D eigenvalue weighted by Gasteiger charge is 2.43. The summed E-state index contributed by atoms with van der Waals surface area (Å²) in [6, 6.07) is 4.17. The van der Waals surface area contributed by atoms with E-state index in [4.69, 9.17) is 4.74 Å². The van der Waals surface area contributed by atoms with Crippen molar-refractivity contribution in [1.29, 1.82) is 0 Å².